The van der Waals surface area contributed by atoms with Gasteiger partial charge in [0.15, 0.2) is 0 Å². The van der Waals surface area contributed by atoms with Crippen LogP contribution in [0.3, 0.4) is 0 Å². The van der Waals surface area contributed by atoms with Crippen molar-refractivity contribution in [3.8, 4) is 0 Å². The van der Waals surface area contributed by atoms with Gasteiger partial charge in [-0.15, -0.1) is 0 Å². The van der Waals surface area contributed by atoms with E-state index in [-0.39, 0.29) is 6.04 Å². The average Bonchev–Trinajstić information content (AvgIpc) is 3.10. The lowest BCUT2D eigenvalue weighted by molar-refractivity contribution is -0.137. The van der Waals surface area contributed by atoms with Crippen LogP contribution in [0.5, 0.6) is 0 Å². The minimum absolute atomic E-state index is 0.243. The second kappa shape index (κ2) is 8.52. The zero-order chi connectivity index (χ0) is 21.3. The van der Waals surface area contributed by atoms with E-state index in [0.717, 1.165) is 24.7 Å². The van der Waals surface area contributed by atoms with E-state index in [1.165, 1.54) is 0 Å². The van der Waals surface area contributed by atoms with Crippen LogP contribution >= 0.6 is 11.3 Å². The van der Waals surface area contributed by atoms with Crippen LogP contribution in [0.2, 0.25) is 0 Å². The number of halogens is 3. The van der Waals surface area contributed by atoms with Gasteiger partial charge >= 0.3 is 6.18 Å². The van der Waals surface area contributed by atoms with Gasteiger partial charge in [0.1, 0.15) is 10.7 Å². The first-order chi connectivity index (χ1) is 14.4. The van der Waals surface area contributed by atoms with E-state index >= 15 is 0 Å². The quantitative estimate of drug-likeness (QED) is 0.769. The molecule has 0 bridgehead atoms. The van der Waals surface area contributed by atoms with Crippen molar-refractivity contribution in [2.24, 2.45) is 0 Å². The van der Waals surface area contributed by atoms with Crippen LogP contribution in [-0.2, 0) is 10.9 Å². The summed E-state index contributed by atoms with van der Waals surface area (Å²) in [5.41, 5.74) is 0.975. The van der Waals surface area contributed by atoms with Gasteiger partial charge in [0.25, 0.3) is 0 Å². The van der Waals surface area contributed by atoms with Crippen molar-refractivity contribution in [1.29, 1.82) is 0 Å². The van der Waals surface area contributed by atoms with Gasteiger partial charge in [0.2, 0.25) is 5.01 Å². The summed E-state index contributed by atoms with van der Waals surface area (Å²) in [7, 11) is 1.68. The molecule has 10 heteroatoms. The fraction of sp³-hybridized carbons (Fsp3) is 0.500. The third-order valence-corrected chi connectivity index (χ3v) is 6.53. The number of alkyl halides is 3. The fourth-order valence-corrected chi connectivity index (χ4v) is 4.83. The maximum absolute atomic E-state index is 13.4. The van der Waals surface area contributed by atoms with E-state index in [0.29, 0.717) is 52.8 Å². The Morgan fingerprint density at radius 3 is 2.90 bits per heavy atom. The zero-order valence-electron chi connectivity index (χ0n) is 16.9. The maximum atomic E-state index is 13.4. The number of pyridine rings is 1. The third-order valence-electron chi connectivity index (χ3n) is 5.50. The maximum Gasteiger partial charge on any atom is 0.443 e. The van der Waals surface area contributed by atoms with Crippen LogP contribution in [0.4, 0.5) is 18.2 Å². The molecule has 2 aliphatic rings. The lowest BCUT2D eigenvalue weighted by atomic mass is 10.1. The average molecular weight is 440 g/mol. The van der Waals surface area contributed by atoms with Crippen molar-refractivity contribution in [2.75, 3.05) is 45.2 Å². The smallest absolute Gasteiger partial charge is 0.385 e. The SMILES string of the molecule is CCN1CCN(C2=c3ncccc3=CNc3sc(C(F)(F)F)nc32)CC1CCOC. The summed E-state index contributed by atoms with van der Waals surface area (Å²) in [6.45, 7) is 5.87. The van der Waals surface area contributed by atoms with Crippen LogP contribution in [0.25, 0.3) is 11.9 Å². The molecule has 4 heterocycles. The normalized spacial score (nSPS) is 19.6. The highest BCUT2D eigenvalue weighted by molar-refractivity contribution is 7.16. The molecule has 0 spiro atoms. The van der Waals surface area contributed by atoms with Gasteiger partial charge in [-0.25, -0.2) is 4.98 Å². The monoisotopic (exact) mass is 439 g/mol. The summed E-state index contributed by atoms with van der Waals surface area (Å²) in [5.74, 6) is 0. The molecule has 162 valence electrons. The van der Waals surface area contributed by atoms with Crippen LogP contribution in [-0.4, -0.2) is 65.7 Å². The van der Waals surface area contributed by atoms with E-state index in [1.54, 1.807) is 19.5 Å². The topological polar surface area (TPSA) is 53.5 Å². The van der Waals surface area contributed by atoms with Gasteiger partial charge in [-0.2, -0.15) is 13.2 Å². The van der Waals surface area contributed by atoms with E-state index in [4.69, 9.17) is 4.74 Å². The Hall–Kier alpha value is -2.17. The molecule has 1 atom stereocenters. The van der Waals surface area contributed by atoms with E-state index in [2.05, 4.69) is 32.0 Å². The Bertz CT molecular complexity index is 1020. The molecule has 0 saturated carbocycles. The zero-order valence-corrected chi connectivity index (χ0v) is 17.7. The number of nitrogens with zero attached hydrogens (tertiary/aromatic N) is 4. The molecule has 2 aliphatic heterocycles. The van der Waals surface area contributed by atoms with E-state index in [9.17, 15) is 13.2 Å². The fourth-order valence-electron chi connectivity index (χ4n) is 4.03. The summed E-state index contributed by atoms with van der Waals surface area (Å²) in [6.07, 6.45) is -0.263. The number of ether oxygens (including phenoxy) is 1. The minimum Gasteiger partial charge on any atom is -0.385 e. The molecule has 2 aromatic rings. The second-order valence-corrected chi connectivity index (χ2v) is 8.28. The Labute approximate surface area is 176 Å². The number of anilines is 1. The molecule has 0 aromatic carbocycles. The van der Waals surface area contributed by atoms with Crippen molar-refractivity contribution in [2.45, 2.75) is 25.6 Å². The van der Waals surface area contributed by atoms with Crippen molar-refractivity contribution < 1.29 is 17.9 Å². The molecule has 0 aliphatic carbocycles. The molecule has 1 unspecified atom stereocenters. The summed E-state index contributed by atoms with van der Waals surface area (Å²) >= 11 is 0.630. The summed E-state index contributed by atoms with van der Waals surface area (Å²) in [4.78, 5) is 13.1. The lowest BCUT2D eigenvalue weighted by Crippen LogP contribution is -2.54. The van der Waals surface area contributed by atoms with E-state index < -0.39 is 11.2 Å². The van der Waals surface area contributed by atoms with E-state index in [1.807, 2.05) is 12.1 Å². The number of methoxy groups -OCH3 is 1. The van der Waals surface area contributed by atoms with Gasteiger partial charge < -0.3 is 15.0 Å². The minimum atomic E-state index is -4.49. The van der Waals surface area contributed by atoms with Gasteiger partial charge in [-0.1, -0.05) is 18.3 Å². The number of piperazine rings is 1. The molecule has 4 rings (SSSR count). The molecule has 2 aromatic heterocycles. The summed E-state index contributed by atoms with van der Waals surface area (Å²) in [5, 5.41) is 4.04. The third kappa shape index (κ3) is 4.03. The predicted molar refractivity (Wildman–Crippen MR) is 110 cm³/mol. The molecule has 6 nitrogen and oxygen atoms in total. The molecule has 0 amide bonds. The first-order valence-electron chi connectivity index (χ1n) is 9.90. The molecule has 30 heavy (non-hydrogen) atoms. The van der Waals surface area contributed by atoms with Crippen LogP contribution in [0.15, 0.2) is 18.3 Å². The number of likely N-dealkylation sites (N-methyl/N-ethyl adjacent to an activating group) is 1. The number of thiazole rings is 1. The first-order valence-corrected chi connectivity index (χ1v) is 10.7. The van der Waals surface area contributed by atoms with Gasteiger partial charge in [-0.05, 0) is 25.1 Å². The van der Waals surface area contributed by atoms with Gasteiger partial charge in [0.05, 0.1) is 11.0 Å². The van der Waals surface area contributed by atoms with Crippen LogP contribution in [0, 0.1) is 0 Å². The standard InChI is InChI=1S/C20H24F3N5OS/c1-3-27-8-9-28(12-14(27)6-10-29-2)17-15-13(5-4-7-24-15)11-25-18-16(17)26-19(30-18)20(21,22)23/h4-5,7,11,14,25H,3,6,8-10,12H2,1-2H3. The molecular formula is C20H24F3N5OS. The highest BCUT2D eigenvalue weighted by Crippen LogP contribution is 2.39. The lowest BCUT2D eigenvalue weighted by Gasteiger charge is -2.42. The van der Waals surface area contributed by atoms with Gasteiger partial charge in [-0.3, -0.25) is 9.88 Å². The van der Waals surface area contributed by atoms with Crippen molar-refractivity contribution in [3.63, 3.8) is 0 Å². The molecular weight excluding hydrogens is 415 g/mol. The number of hydrogen-bond donors (Lipinski definition) is 1. The molecule has 0 radical (unpaired) electrons. The summed E-state index contributed by atoms with van der Waals surface area (Å²) in [6, 6.07) is 3.97. The molecule has 1 fully saturated rings. The van der Waals surface area contributed by atoms with Crippen LogP contribution in [0.1, 0.15) is 24.0 Å². The molecule has 1 saturated heterocycles. The Balaban J connectivity index is 1.82. The number of hydrogen-bond acceptors (Lipinski definition) is 7. The predicted octanol–water partition coefficient (Wildman–Crippen LogP) is 1.92. The number of rotatable bonds is 5. The first kappa shape index (κ1) is 21.1. The number of nitrogens with one attached hydrogen (secondary N) is 1. The summed E-state index contributed by atoms with van der Waals surface area (Å²) < 4.78 is 45.4. The highest BCUT2D eigenvalue weighted by Gasteiger charge is 2.38. The number of aromatic nitrogens is 2. The van der Waals surface area contributed by atoms with Crippen LogP contribution < -0.4 is 15.9 Å². The van der Waals surface area contributed by atoms with Gasteiger partial charge in [0, 0.05) is 57.0 Å². The largest absolute Gasteiger partial charge is 0.443 e. The van der Waals surface area contributed by atoms with Crippen molar-refractivity contribution in [1.82, 2.24) is 19.8 Å². The second-order valence-electron chi connectivity index (χ2n) is 7.28. The van der Waals surface area contributed by atoms with Crippen molar-refractivity contribution in [3.05, 3.63) is 39.6 Å². The Morgan fingerprint density at radius 2 is 2.17 bits per heavy atom. The van der Waals surface area contributed by atoms with Crippen molar-refractivity contribution >= 4 is 28.2 Å². The Kier molecular flexibility index (Phi) is 5.99. The Morgan fingerprint density at radius 1 is 1.33 bits per heavy atom. The number of fused-ring (bicyclic) bond motifs is 2. The molecule has 1 N–H and O–H groups in total. The highest BCUT2D eigenvalue weighted by atomic mass is 32.1.